The Morgan fingerprint density at radius 3 is 2.89 bits per heavy atom. The first-order chi connectivity index (χ1) is 8.56. The van der Waals surface area contributed by atoms with Crippen molar-refractivity contribution in [2.45, 2.75) is 31.7 Å². The van der Waals surface area contributed by atoms with Gasteiger partial charge in [-0.1, -0.05) is 19.1 Å². The van der Waals surface area contributed by atoms with E-state index in [4.69, 9.17) is 5.73 Å². The van der Waals surface area contributed by atoms with Crippen LogP contribution in [0.2, 0.25) is 0 Å². The van der Waals surface area contributed by atoms with Crippen LogP contribution in [0.15, 0.2) is 24.3 Å². The summed E-state index contributed by atoms with van der Waals surface area (Å²) in [7, 11) is 0. The molecule has 0 aromatic heterocycles. The van der Waals surface area contributed by atoms with Crippen LogP contribution in [-0.4, -0.2) is 29.9 Å². The van der Waals surface area contributed by atoms with Crippen LogP contribution in [0.1, 0.15) is 31.2 Å². The highest BCUT2D eigenvalue weighted by Gasteiger charge is 2.24. The number of hydrogen-bond donors (Lipinski definition) is 1. The fourth-order valence-electron chi connectivity index (χ4n) is 2.34. The number of nitrogens with zero attached hydrogens (tertiary/aromatic N) is 1. The van der Waals surface area contributed by atoms with Crippen molar-refractivity contribution in [1.29, 1.82) is 0 Å². The Balaban J connectivity index is 0.00000180. The van der Waals surface area contributed by atoms with Gasteiger partial charge in [-0.25, -0.2) is 4.39 Å². The van der Waals surface area contributed by atoms with E-state index in [1.807, 2.05) is 13.0 Å². The standard InChI is InChI=1S/C14H19FN2O.ClH/c1-10(11-3-2-4-12(15)8-11)7-14(18)17-6-5-13(16)9-17;/h2-4,8,10,13H,5-7,9,16H2,1H3;1H/t10?,13-;/m1./s1. The van der Waals surface area contributed by atoms with Crippen molar-refractivity contribution < 1.29 is 9.18 Å². The van der Waals surface area contributed by atoms with Crippen LogP contribution in [-0.2, 0) is 4.79 Å². The molecule has 0 spiro atoms. The number of carbonyl (C=O) groups is 1. The van der Waals surface area contributed by atoms with E-state index in [-0.39, 0.29) is 36.1 Å². The topological polar surface area (TPSA) is 46.3 Å². The SMILES string of the molecule is CC(CC(=O)N1CC[C@@H](N)C1)c1cccc(F)c1.Cl. The minimum atomic E-state index is -0.255. The van der Waals surface area contributed by atoms with Gasteiger partial charge in [-0.3, -0.25) is 4.79 Å². The van der Waals surface area contributed by atoms with E-state index in [0.717, 1.165) is 18.5 Å². The summed E-state index contributed by atoms with van der Waals surface area (Å²) in [4.78, 5) is 13.8. The predicted molar refractivity (Wildman–Crippen MR) is 75.9 cm³/mol. The van der Waals surface area contributed by atoms with Crippen LogP contribution in [0.4, 0.5) is 4.39 Å². The van der Waals surface area contributed by atoms with Crippen LogP contribution < -0.4 is 5.73 Å². The van der Waals surface area contributed by atoms with Gasteiger partial charge in [0.15, 0.2) is 0 Å². The highest BCUT2D eigenvalue weighted by Crippen LogP contribution is 2.21. The van der Waals surface area contributed by atoms with E-state index in [1.54, 1.807) is 11.0 Å². The van der Waals surface area contributed by atoms with Crippen molar-refractivity contribution in [3.05, 3.63) is 35.6 Å². The van der Waals surface area contributed by atoms with Gasteiger partial charge in [-0.2, -0.15) is 0 Å². The Morgan fingerprint density at radius 1 is 1.58 bits per heavy atom. The molecular formula is C14H20ClFN2O. The molecule has 1 aromatic rings. The summed E-state index contributed by atoms with van der Waals surface area (Å²) in [6.45, 7) is 3.34. The minimum Gasteiger partial charge on any atom is -0.341 e. The molecule has 2 rings (SSSR count). The van der Waals surface area contributed by atoms with E-state index >= 15 is 0 Å². The van der Waals surface area contributed by atoms with Crippen molar-refractivity contribution in [2.75, 3.05) is 13.1 Å². The summed E-state index contributed by atoms with van der Waals surface area (Å²) in [6, 6.07) is 6.55. The number of hydrogen-bond acceptors (Lipinski definition) is 2. The highest BCUT2D eigenvalue weighted by atomic mass is 35.5. The molecule has 2 N–H and O–H groups in total. The predicted octanol–water partition coefficient (Wildman–Crippen LogP) is 2.30. The van der Waals surface area contributed by atoms with Crippen LogP contribution in [0.5, 0.6) is 0 Å². The van der Waals surface area contributed by atoms with E-state index in [0.29, 0.717) is 13.0 Å². The highest BCUT2D eigenvalue weighted by molar-refractivity contribution is 5.85. The van der Waals surface area contributed by atoms with Crippen molar-refractivity contribution in [3.63, 3.8) is 0 Å². The maximum atomic E-state index is 13.1. The van der Waals surface area contributed by atoms with Crippen molar-refractivity contribution >= 4 is 18.3 Å². The van der Waals surface area contributed by atoms with Crippen LogP contribution in [0, 0.1) is 5.82 Å². The zero-order valence-electron chi connectivity index (χ0n) is 11.0. The van der Waals surface area contributed by atoms with Crippen LogP contribution in [0.3, 0.4) is 0 Å². The molecule has 0 saturated carbocycles. The van der Waals surface area contributed by atoms with E-state index in [9.17, 15) is 9.18 Å². The molecule has 3 nitrogen and oxygen atoms in total. The Bertz CT molecular complexity index is 441. The lowest BCUT2D eigenvalue weighted by Gasteiger charge is -2.19. The third-order valence-corrected chi connectivity index (χ3v) is 3.48. The number of nitrogens with two attached hydrogens (primary N) is 1. The third-order valence-electron chi connectivity index (χ3n) is 3.48. The number of likely N-dealkylation sites (tertiary alicyclic amines) is 1. The Morgan fingerprint density at radius 2 is 2.32 bits per heavy atom. The van der Waals surface area contributed by atoms with Gasteiger partial charge in [0, 0.05) is 25.6 Å². The fourth-order valence-corrected chi connectivity index (χ4v) is 2.34. The molecule has 106 valence electrons. The lowest BCUT2D eigenvalue weighted by molar-refractivity contribution is -0.130. The van der Waals surface area contributed by atoms with Gasteiger partial charge in [0.25, 0.3) is 0 Å². The number of halogens is 2. The lowest BCUT2D eigenvalue weighted by atomic mass is 9.97. The summed E-state index contributed by atoms with van der Waals surface area (Å²) in [5.74, 6) is -0.111. The number of amides is 1. The molecule has 1 aromatic carbocycles. The fraction of sp³-hybridized carbons (Fsp3) is 0.500. The Hall–Kier alpha value is -1.13. The van der Waals surface area contributed by atoms with Gasteiger partial charge in [-0.15, -0.1) is 12.4 Å². The molecule has 1 saturated heterocycles. The molecule has 1 unspecified atom stereocenters. The average Bonchev–Trinajstić information content (AvgIpc) is 2.76. The molecule has 0 radical (unpaired) electrons. The lowest BCUT2D eigenvalue weighted by Crippen LogP contribution is -2.32. The van der Waals surface area contributed by atoms with Gasteiger partial charge in [-0.05, 0) is 30.0 Å². The maximum absolute atomic E-state index is 13.1. The van der Waals surface area contributed by atoms with E-state index < -0.39 is 0 Å². The number of carbonyl (C=O) groups excluding carboxylic acids is 1. The molecule has 0 bridgehead atoms. The van der Waals surface area contributed by atoms with E-state index in [1.165, 1.54) is 12.1 Å². The smallest absolute Gasteiger partial charge is 0.223 e. The molecular weight excluding hydrogens is 267 g/mol. The first kappa shape index (κ1) is 15.9. The largest absolute Gasteiger partial charge is 0.341 e. The third kappa shape index (κ3) is 4.18. The van der Waals surface area contributed by atoms with Crippen molar-refractivity contribution in [1.82, 2.24) is 4.90 Å². The van der Waals surface area contributed by atoms with Gasteiger partial charge in [0.05, 0.1) is 0 Å². The zero-order valence-corrected chi connectivity index (χ0v) is 11.8. The van der Waals surface area contributed by atoms with Gasteiger partial charge in [0.1, 0.15) is 5.82 Å². The van der Waals surface area contributed by atoms with Gasteiger partial charge < -0.3 is 10.6 Å². The summed E-state index contributed by atoms with van der Waals surface area (Å²) < 4.78 is 13.1. The minimum absolute atomic E-state index is 0. The summed E-state index contributed by atoms with van der Waals surface area (Å²) >= 11 is 0. The molecule has 19 heavy (non-hydrogen) atoms. The molecule has 0 aliphatic carbocycles. The average molecular weight is 287 g/mol. The summed E-state index contributed by atoms with van der Waals surface area (Å²) in [5.41, 5.74) is 6.65. The van der Waals surface area contributed by atoms with Crippen LogP contribution >= 0.6 is 12.4 Å². The monoisotopic (exact) mass is 286 g/mol. The molecule has 5 heteroatoms. The molecule has 2 atom stereocenters. The number of rotatable bonds is 3. The molecule has 1 fully saturated rings. The first-order valence-electron chi connectivity index (χ1n) is 6.35. The van der Waals surface area contributed by atoms with Crippen molar-refractivity contribution in [3.8, 4) is 0 Å². The Labute approximate surface area is 119 Å². The number of benzene rings is 1. The van der Waals surface area contributed by atoms with Crippen LogP contribution in [0.25, 0.3) is 0 Å². The van der Waals surface area contributed by atoms with E-state index in [2.05, 4.69) is 0 Å². The van der Waals surface area contributed by atoms with Gasteiger partial charge >= 0.3 is 0 Å². The van der Waals surface area contributed by atoms with Gasteiger partial charge in [0.2, 0.25) is 5.91 Å². The zero-order chi connectivity index (χ0) is 13.1. The summed E-state index contributed by atoms with van der Waals surface area (Å²) in [6.07, 6.45) is 1.29. The summed E-state index contributed by atoms with van der Waals surface area (Å²) in [5, 5.41) is 0. The normalized spacial score (nSPS) is 19.9. The second kappa shape index (κ2) is 6.87. The molecule has 1 heterocycles. The Kier molecular flexibility index (Phi) is 5.76. The molecule has 1 amide bonds. The first-order valence-corrected chi connectivity index (χ1v) is 6.35. The maximum Gasteiger partial charge on any atom is 0.223 e. The second-order valence-corrected chi connectivity index (χ2v) is 5.05. The molecule has 1 aliphatic heterocycles. The second-order valence-electron chi connectivity index (χ2n) is 5.05. The van der Waals surface area contributed by atoms with Crippen molar-refractivity contribution in [2.24, 2.45) is 5.73 Å². The molecule has 1 aliphatic rings. The quantitative estimate of drug-likeness (QED) is 0.927.